The van der Waals surface area contributed by atoms with E-state index in [-0.39, 0.29) is 12.0 Å². The highest BCUT2D eigenvalue weighted by molar-refractivity contribution is 6.02. The molecule has 1 amide bonds. The number of methoxy groups -OCH3 is 1. The molecule has 4 rings (SSSR count). The minimum absolute atomic E-state index is 0.184. The van der Waals surface area contributed by atoms with E-state index in [1.807, 2.05) is 42.5 Å². The van der Waals surface area contributed by atoms with Crippen LogP contribution in [0.4, 0.5) is 0 Å². The number of benzene rings is 2. The molecule has 0 fully saturated rings. The minimum Gasteiger partial charge on any atom is -0.497 e. The molecule has 0 spiro atoms. The molecular formula is C24H24N2O4. The Morgan fingerprint density at radius 1 is 1.17 bits per heavy atom. The Morgan fingerprint density at radius 3 is 2.80 bits per heavy atom. The SMILES string of the molecule is COc1cccc(CN(CC2CC(c3ccccc3C)=NO2)C(=O)c2ccco2)c1. The van der Waals surface area contributed by atoms with Gasteiger partial charge in [-0.3, -0.25) is 4.79 Å². The van der Waals surface area contributed by atoms with Gasteiger partial charge in [0.15, 0.2) is 11.9 Å². The third-order valence-corrected chi connectivity index (χ3v) is 5.14. The summed E-state index contributed by atoms with van der Waals surface area (Å²) in [5.41, 5.74) is 4.11. The summed E-state index contributed by atoms with van der Waals surface area (Å²) in [6.07, 6.45) is 1.93. The van der Waals surface area contributed by atoms with Crippen molar-refractivity contribution in [2.75, 3.05) is 13.7 Å². The molecule has 3 aromatic rings. The molecule has 0 bridgehead atoms. The standard InChI is InChI=1S/C24H24N2O4/c1-17-7-3-4-10-21(17)22-14-20(30-25-22)16-26(24(27)23-11-6-12-29-23)15-18-8-5-9-19(13-18)28-2/h3-13,20H,14-16H2,1-2H3. The maximum Gasteiger partial charge on any atom is 0.289 e. The number of rotatable bonds is 7. The van der Waals surface area contributed by atoms with Gasteiger partial charge >= 0.3 is 0 Å². The number of ether oxygens (including phenoxy) is 1. The van der Waals surface area contributed by atoms with Gasteiger partial charge in [-0.05, 0) is 42.3 Å². The highest BCUT2D eigenvalue weighted by Crippen LogP contribution is 2.22. The van der Waals surface area contributed by atoms with E-state index in [0.717, 1.165) is 28.2 Å². The summed E-state index contributed by atoms with van der Waals surface area (Å²) < 4.78 is 10.7. The van der Waals surface area contributed by atoms with E-state index in [4.69, 9.17) is 14.0 Å². The first kappa shape index (κ1) is 19.8. The Kier molecular flexibility index (Phi) is 5.84. The predicted molar refractivity (Wildman–Crippen MR) is 114 cm³/mol. The molecule has 2 heterocycles. The van der Waals surface area contributed by atoms with Crippen LogP contribution in [0.1, 0.15) is 33.7 Å². The molecule has 6 nitrogen and oxygen atoms in total. The van der Waals surface area contributed by atoms with Crippen molar-refractivity contribution < 1.29 is 18.8 Å². The first-order valence-corrected chi connectivity index (χ1v) is 9.88. The monoisotopic (exact) mass is 404 g/mol. The molecule has 1 aliphatic rings. The quantitative estimate of drug-likeness (QED) is 0.584. The molecule has 1 unspecified atom stereocenters. The van der Waals surface area contributed by atoms with E-state index >= 15 is 0 Å². The van der Waals surface area contributed by atoms with Gasteiger partial charge < -0.3 is 18.9 Å². The van der Waals surface area contributed by atoms with Gasteiger partial charge in [0.25, 0.3) is 5.91 Å². The zero-order chi connectivity index (χ0) is 20.9. The van der Waals surface area contributed by atoms with Gasteiger partial charge in [-0.25, -0.2) is 0 Å². The van der Waals surface area contributed by atoms with Gasteiger partial charge in [0, 0.05) is 18.5 Å². The Labute approximate surface area is 175 Å². The van der Waals surface area contributed by atoms with Gasteiger partial charge in [0.2, 0.25) is 0 Å². The van der Waals surface area contributed by atoms with Crippen molar-refractivity contribution in [2.24, 2.45) is 5.16 Å². The molecule has 154 valence electrons. The maximum absolute atomic E-state index is 13.1. The van der Waals surface area contributed by atoms with Crippen LogP contribution >= 0.6 is 0 Å². The van der Waals surface area contributed by atoms with Crippen LogP contribution in [-0.4, -0.2) is 36.3 Å². The Bertz CT molecular complexity index is 1040. The minimum atomic E-state index is -0.218. The van der Waals surface area contributed by atoms with Crippen LogP contribution < -0.4 is 4.74 Å². The fourth-order valence-corrected chi connectivity index (χ4v) is 3.59. The number of carbonyl (C=O) groups excluding carboxylic acids is 1. The molecule has 2 aromatic carbocycles. The van der Waals surface area contributed by atoms with Crippen molar-refractivity contribution in [3.8, 4) is 5.75 Å². The fourth-order valence-electron chi connectivity index (χ4n) is 3.59. The molecule has 0 N–H and O–H groups in total. The summed E-state index contributed by atoms with van der Waals surface area (Å²) >= 11 is 0. The molecule has 0 radical (unpaired) electrons. The second-order valence-corrected chi connectivity index (χ2v) is 7.30. The van der Waals surface area contributed by atoms with Gasteiger partial charge in [0.1, 0.15) is 5.75 Å². The lowest BCUT2D eigenvalue weighted by atomic mass is 10.00. The average molecular weight is 404 g/mol. The van der Waals surface area contributed by atoms with E-state index in [9.17, 15) is 4.79 Å². The van der Waals surface area contributed by atoms with Gasteiger partial charge in [0.05, 0.1) is 25.6 Å². The molecule has 0 saturated heterocycles. The van der Waals surface area contributed by atoms with E-state index in [0.29, 0.717) is 25.3 Å². The Balaban J connectivity index is 1.50. The van der Waals surface area contributed by atoms with Crippen LogP contribution in [0.2, 0.25) is 0 Å². The third-order valence-electron chi connectivity index (χ3n) is 5.14. The highest BCUT2D eigenvalue weighted by Gasteiger charge is 2.28. The van der Waals surface area contributed by atoms with Crippen molar-refractivity contribution in [2.45, 2.75) is 26.0 Å². The second kappa shape index (κ2) is 8.86. The van der Waals surface area contributed by atoms with Crippen LogP contribution in [0.15, 0.2) is 76.5 Å². The third kappa shape index (κ3) is 4.38. The van der Waals surface area contributed by atoms with Gasteiger partial charge in [-0.2, -0.15) is 0 Å². The molecule has 30 heavy (non-hydrogen) atoms. The topological polar surface area (TPSA) is 64.3 Å². The first-order chi connectivity index (χ1) is 14.6. The summed E-state index contributed by atoms with van der Waals surface area (Å²) in [6, 6.07) is 19.2. The van der Waals surface area contributed by atoms with Crippen molar-refractivity contribution in [1.82, 2.24) is 4.90 Å². The van der Waals surface area contributed by atoms with Crippen LogP contribution in [0.5, 0.6) is 5.75 Å². The molecule has 1 aliphatic heterocycles. The molecule has 6 heteroatoms. The lowest BCUT2D eigenvalue weighted by Crippen LogP contribution is -2.37. The summed E-state index contributed by atoms with van der Waals surface area (Å²) in [5.74, 6) is 0.867. The zero-order valence-electron chi connectivity index (χ0n) is 17.1. The lowest BCUT2D eigenvalue weighted by Gasteiger charge is -2.24. The van der Waals surface area contributed by atoms with E-state index in [1.165, 1.54) is 6.26 Å². The predicted octanol–water partition coefficient (Wildman–Crippen LogP) is 4.43. The second-order valence-electron chi connectivity index (χ2n) is 7.30. The number of aryl methyl sites for hydroxylation is 1. The number of furan rings is 1. The van der Waals surface area contributed by atoms with Gasteiger partial charge in [-0.1, -0.05) is 41.6 Å². The van der Waals surface area contributed by atoms with Crippen molar-refractivity contribution in [3.63, 3.8) is 0 Å². The van der Waals surface area contributed by atoms with Crippen LogP contribution in [0, 0.1) is 6.92 Å². The van der Waals surface area contributed by atoms with Crippen molar-refractivity contribution in [3.05, 3.63) is 89.4 Å². The smallest absolute Gasteiger partial charge is 0.289 e. The van der Waals surface area contributed by atoms with E-state index in [1.54, 1.807) is 24.1 Å². The molecule has 0 aliphatic carbocycles. The first-order valence-electron chi connectivity index (χ1n) is 9.88. The molecule has 0 saturated carbocycles. The van der Waals surface area contributed by atoms with Gasteiger partial charge in [-0.15, -0.1) is 0 Å². The van der Waals surface area contributed by atoms with Crippen LogP contribution in [0.3, 0.4) is 0 Å². The summed E-state index contributed by atoms with van der Waals surface area (Å²) in [7, 11) is 1.63. The Hall–Kier alpha value is -3.54. The van der Waals surface area contributed by atoms with Crippen LogP contribution in [-0.2, 0) is 11.4 Å². The normalized spacial score (nSPS) is 15.4. The average Bonchev–Trinajstić information content (AvgIpc) is 3.46. The largest absolute Gasteiger partial charge is 0.497 e. The van der Waals surface area contributed by atoms with E-state index in [2.05, 4.69) is 18.1 Å². The van der Waals surface area contributed by atoms with Crippen LogP contribution in [0.25, 0.3) is 0 Å². The Morgan fingerprint density at radius 2 is 2.03 bits per heavy atom. The fraction of sp³-hybridized carbons (Fsp3) is 0.250. The number of nitrogens with zero attached hydrogens (tertiary/aromatic N) is 2. The molecular weight excluding hydrogens is 380 g/mol. The summed E-state index contributed by atoms with van der Waals surface area (Å²) in [5, 5.41) is 4.29. The number of oxime groups is 1. The molecule has 1 aromatic heterocycles. The zero-order valence-corrected chi connectivity index (χ0v) is 17.1. The number of hydrogen-bond acceptors (Lipinski definition) is 5. The maximum atomic E-state index is 13.1. The highest BCUT2D eigenvalue weighted by atomic mass is 16.6. The number of carbonyl (C=O) groups is 1. The lowest BCUT2D eigenvalue weighted by molar-refractivity contribution is 0.0387. The van der Waals surface area contributed by atoms with Crippen molar-refractivity contribution in [1.29, 1.82) is 0 Å². The van der Waals surface area contributed by atoms with E-state index < -0.39 is 0 Å². The van der Waals surface area contributed by atoms with Crippen molar-refractivity contribution >= 4 is 11.6 Å². The number of hydrogen-bond donors (Lipinski definition) is 0. The number of amides is 1. The summed E-state index contributed by atoms with van der Waals surface area (Å²) in [6.45, 7) is 2.87. The summed E-state index contributed by atoms with van der Waals surface area (Å²) in [4.78, 5) is 20.5. The molecule has 1 atom stereocenters.